The van der Waals surface area contributed by atoms with Gasteiger partial charge < -0.3 is 10.4 Å². The molecule has 2 rings (SSSR count). The maximum absolute atomic E-state index is 12.2. The van der Waals surface area contributed by atoms with E-state index in [4.69, 9.17) is 5.11 Å². The largest absolute Gasteiger partial charge is 0.384 e. The number of hydrogen-bond donors (Lipinski definition) is 2. The summed E-state index contributed by atoms with van der Waals surface area (Å²) in [5.74, 6) is 5.19. The van der Waals surface area contributed by atoms with Crippen LogP contribution in [0.1, 0.15) is 41.7 Å². The van der Waals surface area contributed by atoms with Crippen molar-refractivity contribution >= 4 is 17.7 Å². The summed E-state index contributed by atoms with van der Waals surface area (Å²) in [6.45, 7) is -0.181. The lowest BCUT2D eigenvalue weighted by Gasteiger charge is -2.30. The van der Waals surface area contributed by atoms with E-state index in [1.165, 1.54) is 12.8 Å². The monoisotopic (exact) mass is 304 g/mol. The molecule has 2 unspecified atom stereocenters. The van der Waals surface area contributed by atoms with Crippen LogP contribution in [0.5, 0.6) is 0 Å². The van der Waals surface area contributed by atoms with Crippen LogP contribution >= 0.6 is 11.8 Å². The summed E-state index contributed by atoms with van der Waals surface area (Å²) in [5.41, 5.74) is 1.11. The van der Waals surface area contributed by atoms with Crippen molar-refractivity contribution in [1.29, 1.82) is 0 Å². The van der Waals surface area contributed by atoms with Crippen LogP contribution in [0.3, 0.4) is 0 Å². The van der Waals surface area contributed by atoms with Gasteiger partial charge in [0.25, 0.3) is 5.91 Å². The highest BCUT2D eigenvalue weighted by Crippen LogP contribution is 2.27. The van der Waals surface area contributed by atoms with E-state index < -0.39 is 0 Å². The quantitative estimate of drug-likeness (QED) is 0.836. The fourth-order valence-electron chi connectivity index (χ4n) is 2.53. The average molecular weight is 304 g/mol. The summed E-state index contributed by atoms with van der Waals surface area (Å²) in [6, 6.07) is 3.66. The van der Waals surface area contributed by atoms with E-state index in [2.05, 4.69) is 28.4 Å². The number of aliphatic hydroxyl groups excluding tert-OH is 1. The van der Waals surface area contributed by atoms with Crippen molar-refractivity contribution < 1.29 is 9.90 Å². The van der Waals surface area contributed by atoms with Crippen molar-refractivity contribution in [2.45, 2.75) is 37.0 Å². The van der Waals surface area contributed by atoms with Gasteiger partial charge >= 0.3 is 0 Å². The van der Waals surface area contributed by atoms with Gasteiger partial charge in [-0.15, -0.1) is 0 Å². The molecular weight excluding hydrogens is 284 g/mol. The van der Waals surface area contributed by atoms with Crippen molar-refractivity contribution in [2.24, 2.45) is 0 Å². The second-order valence-corrected chi connectivity index (χ2v) is 6.11. The van der Waals surface area contributed by atoms with E-state index in [-0.39, 0.29) is 18.6 Å². The lowest BCUT2D eigenvalue weighted by atomic mass is 9.94. The first-order valence-electron chi connectivity index (χ1n) is 7.14. The van der Waals surface area contributed by atoms with Crippen molar-refractivity contribution in [2.75, 3.05) is 12.9 Å². The highest BCUT2D eigenvalue weighted by atomic mass is 32.2. The molecule has 2 atom stereocenters. The maximum Gasteiger partial charge on any atom is 0.270 e. The number of rotatable bonds is 3. The number of aromatic nitrogens is 1. The predicted octanol–water partition coefficient (Wildman–Crippen LogP) is 1.83. The van der Waals surface area contributed by atoms with Gasteiger partial charge in [0.2, 0.25) is 0 Å². The van der Waals surface area contributed by atoms with Crippen LogP contribution in [-0.4, -0.2) is 40.2 Å². The van der Waals surface area contributed by atoms with E-state index in [9.17, 15) is 4.79 Å². The second kappa shape index (κ2) is 8.06. The highest BCUT2D eigenvalue weighted by molar-refractivity contribution is 7.99. The predicted molar refractivity (Wildman–Crippen MR) is 85.2 cm³/mol. The second-order valence-electron chi connectivity index (χ2n) is 5.03. The average Bonchev–Trinajstić information content (AvgIpc) is 2.54. The summed E-state index contributed by atoms with van der Waals surface area (Å²) in [6.07, 6.45) is 8.28. The van der Waals surface area contributed by atoms with E-state index in [1.54, 1.807) is 18.3 Å². The number of nitrogens with zero attached hydrogens (tertiary/aromatic N) is 1. The van der Waals surface area contributed by atoms with E-state index >= 15 is 0 Å². The van der Waals surface area contributed by atoms with Crippen LogP contribution < -0.4 is 5.32 Å². The Labute approximate surface area is 129 Å². The van der Waals surface area contributed by atoms with E-state index in [0.717, 1.165) is 12.8 Å². The minimum Gasteiger partial charge on any atom is -0.384 e. The number of aliphatic hydroxyl groups is 1. The zero-order valence-corrected chi connectivity index (χ0v) is 12.9. The highest BCUT2D eigenvalue weighted by Gasteiger charge is 2.26. The minimum absolute atomic E-state index is 0.123. The number of thioether (sulfide) groups is 1. The molecule has 1 aliphatic rings. The molecule has 0 radical (unpaired) electrons. The molecule has 112 valence electrons. The molecular formula is C16H20N2O2S. The summed E-state index contributed by atoms with van der Waals surface area (Å²) in [7, 11) is 0. The van der Waals surface area contributed by atoms with Crippen LogP contribution in [0.15, 0.2) is 18.3 Å². The minimum atomic E-state index is -0.181. The Kier molecular flexibility index (Phi) is 6.09. The Balaban J connectivity index is 1.99. The van der Waals surface area contributed by atoms with Gasteiger partial charge in [0.05, 0.1) is 0 Å². The van der Waals surface area contributed by atoms with Gasteiger partial charge in [0.15, 0.2) is 0 Å². The van der Waals surface area contributed by atoms with Gasteiger partial charge in [-0.2, -0.15) is 11.8 Å². The smallest absolute Gasteiger partial charge is 0.270 e. The molecule has 0 aromatic carbocycles. The van der Waals surface area contributed by atoms with Gasteiger partial charge in [-0.25, -0.2) is 4.98 Å². The Bertz CT molecular complexity index is 533. The van der Waals surface area contributed by atoms with Crippen molar-refractivity contribution in [1.82, 2.24) is 10.3 Å². The molecule has 4 nitrogen and oxygen atoms in total. The van der Waals surface area contributed by atoms with E-state index in [1.807, 2.05) is 11.8 Å². The van der Waals surface area contributed by atoms with Crippen LogP contribution in [0.25, 0.3) is 0 Å². The number of carbonyl (C=O) groups is 1. The summed E-state index contributed by atoms with van der Waals surface area (Å²) < 4.78 is 0. The zero-order chi connectivity index (χ0) is 15.1. The fraction of sp³-hybridized carbons (Fsp3) is 0.500. The molecule has 1 aromatic heterocycles. The van der Waals surface area contributed by atoms with Gasteiger partial charge in [-0.3, -0.25) is 4.79 Å². The van der Waals surface area contributed by atoms with Gasteiger partial charge in [-0.1, -0.05) is 24.7 Å². The number of nitrogens with one attached hydrogen (secondary N) is 1. The molecule has 1 saturated carbocycles. The zero-order valence-electron chi connectivity index (χ0n) is 12.1. The molecule has 1 fully saturated rings. The Morgan fingerprint density at radius 1 is 1.48 bits per heavy atom. The molecule has 2 N–H and O–H groups in total. The van der Waals surface area contributed by atoms with E-state index in [0.29, 0.717) is 16.5 Å². The third-order valence-electron chi connectivity index (χ3n) is 3.63. The first-order chi connectivity index (χ1) is 10.2. The summed E-state index contributed by atoms with van der Waals surface area (Å²) in [4.78, 5) is 16.4. The van der Waals surface area contributed by atoms with Crippen molar-refractivity contribution in [3.05, 3.63) is 29.6 Å². The first kappa shape index (κ1) is 15.9. The molecule has 0 saturated heterocycles. The standard InChI is InChI=1S/C16H20N2O2S/c1-21-15-7-3-2-6-13(15)18-16(20)14-9-8-12(11-17-14)5-4-10-19/h8-9,11,13,15,19H,2-3,6-7,10H2,1H3,(H,18,20). The van der Waals surface area contributed by atoms with Crippen LogP contribution in [0, 0.1) is 11.8 Å². The number of pyridine rings is 1. The van der Waals surface area contributed by atoms with Crippen molar-refractivity contribution in [3.8, 4) is 11.8 Å². The SMILES string of the molecule is CSC1CCCCC1NC(=O)c1ccc(C#CCO)cn1. The topological polar surface area (TPSA) is 62.2 Å². The summed E-state index contributed by atoms with van der Waals surface area (Å²) >= 11 is 1.83. The number of carbonyl (C=O) groups excluding carboxylic acids is 1. The lowest BCUT2D eigenvalue weighted by Crippen LogP contribution is -2.43. The van der Waals surface area contributed by atoms with Gasteiger partial charge in [0, 0.05) is 23.1 Å². The molecule has 0 aliphatic heterocycles. The molecule has 21 heavy (non-hydrogen) atoms. The molecule has 1 aliphatic carbocycles. The van der Waals surface area contributed by atoms with Gasteiger partial charge in [-0.05, 0) is 31.2 Å². The molecule has 1 amide bonds. The number of amides is 1. The molecule has 0 spiro atoms. The summed E-state index contributed by atoms with van der Waals surface area (Å²) in [5, 5.41) is 12.2. The Hall–Kier alpha value is -1.51. The Morgan fingerprint density at radius 3 is 2.95 bits per heavy atom. The molecule has 1 aromatic rings. The molecule has 5 heteroatoms. The van der Waals surface area contributed by atoms with Gasteiger partial charge in [0.1, 0.15) is 12.3 Å². The van der Waals surface area contributed by atoms with Crippen LogP contribution in [-0.2, 0) is 0 Å². The normalized spacial score (nSPS) is 21.2. The fourth-order valence-corrected chi connectivity index (χ4v) is 3.47. The molecule has 1 heterocycles. The third-order valence-corrected chi connectivity index (χ3v) is 4.80. The van der Waals surface area contributed by atoms with Crippen molar-refractivity contribution in [3.63, 3.8) is 0 Å². The number of hydrogen-bond acceptors (Lipinski definition) is 4. The first-order valence-corrected chi connectivity index (χ1v) is 8.43. The molecule has 0 bridgehead atoms. The van der Waals surface area contributed by atoms with Crippen LogP contribution in [0.2, 0.25) is 0 Å². The maximum atomic E-state index is 12.2. The third kappa shape index (κ3) is 4.48. The Morgan fingerprint density at radius 2 is 2.29 bits per heavy atom. The lowest BCUT2D eigenvalue weighted by molar-refractivity contribution is 0.0924. The van der Waals surface area contributed by atoms with Crippen LogP contribution in [0.4, 0.5) is 0 Å².